The maximum absolute atomic E-state index is 12.0. The highest BCUT2D eigenvalue weighted by molar-refractivity contribution is 5.90. The van der Waals surface area contributed by atoms with Crippen LogP contribution in [0.5, 0.6) is 17.5 Å². The third kappa shape index (κ3) is 3.13. The molecule has 0 aliphatic carbocycles. The van der Waals surface area contributed by atoms with Gasteiger partial charge in [-0.05, 0) is 0 Å². The fourth-order valence-electron chi connectivity index (χ4n) is 0.961. The van der Waals surface area contributed by atoms with Gasteiger partial charge in [0, 0.05) is 6.07 Å². The van der Waals surface area contributed by atoms with Crippen LogP contribution in [-0.2, 0) is 0 Å². The first kappa shape index (κ1) is 12.9. The second-order valence-corrected chi connectivity index (χ2v) is 2.72. The summed E-state index contributed by atoms with van der Waals surface area (Å²) in [6, 6.07) is 0.551. The van der Waals surface area contributed by atoms with Crippen molar-refractivity contribution in [3.8, 4) is 17.5 Å². The third-order valence-corrected chi connectivity index (χ3v) is 1.57. The van der Waals surface area contributed by atoms with E-state index in [0.717, 1.165) is 7.11 Å². The number of halogens is 3. The fourth-order valence-corrected chi connectivity index (χ4v) is 0.961. The van der Waals surface area contributed by atoms with E-state index in [1.54, 1.807) is 0 Å². The molecule has 1 aromatic rings. The van der Waals surface area contributed by atoms with Gasteiger partial charge in [0.05, 0.1) is 7.11 Å². The van der Waals surface area contributed by atoms with Crippen LogP contribution in [0.3, 0.4) is 0 Å². The molecule has 0 saturated heterocycles. The van der Waals surface area contributed by atoms with Crippen LogP contribution in [0.1, 0.15) is 10.4 Å². The van der Waals surface area contributed by atoms with Crippen molar-refractivity contribution in [3.05, 3.63) is 11.6 Å². The molecule has 1 rings (SSSR count). The molecule has 0 aromatic carbocycles. The minimum Gasteiger partial charge on any atom is -0.503 e. The minimum absolute atomic E-state index is 0.551. The summed E-state index contributed by atoms with van der Waals surface area (Å²) in [6.07, 6.45) is -5.10. The predicted octanol–water partition coefficient (Wildman–Crippen LogP) is 1.39. The van der Waals surface area contributed by atoms with Crippen LogP contribution >= 0.6 is 0 Å². The van der Waals surface area contributed by atoms with Gasteiger partial charge in [-0.1, -0.05) is 0 Å². The standard InChI is InChI=1S/C8H6F3NO5/c1-16-6-4(13)2-3(7(14)15)5(12-6)17-8(9,10)11/h2,13H,1H3,(H,14,15). The molecular formula is C8H6F3NO5. The molecule has 0 atom stereocenters. The van der Waals surface area contributed by atoms with Gasteiger partial charge < -0.3 is 19.7 Å². The molecule has 0 bridgehead atoms. The van der Waals surface area contributed by atoms with Crippen molar-refractivity contribution < 1.29 is 37.7 Å². The molecule has 17 heavy (non-hydrogen) atoms. The number of methoxy groups -OCH3 is 1. The minimum atomic E-state index is -5.10. The Labute approximate surface area is 92.2 Å². The van der Waals surface area contributed by atoms with E-state index in [1.165, 1.54) is 0 Å². The van der Waals surface area contributed by atoms with Crippen LogP contribution in [0.2, 0.25) is 0 Å². The molecule has 1 aromatic heterocycles. The lowest BCUT2D eigenvalue weighted by Crippen LogP contribution is -2.20. The quantitative estimate of drug-likeness (QED) is 0.846. The Morgan fingerprint density at radius 1 is 1.41 bits per heavy atom. The van der Waals surface area contributed by atoms with E-state index in [9.17, 15) is 23.1 Å². The number of ether oxygens (including phenoxy) is 2. The second kappa shape index (κ2) is 4.36. The zero-order chi connectivity index (χ0) is 13.2. The lowest BCUT2D eigenvalue weighted by Gasteiger charge is -2.11. The molecule has 0 spiro atoms. The van der Waals surface area contributed by atoms with Crippen LogP contribution < -0.4 is 9.47 Å². The van der Waals surface area contributed by atoms with Crippen molar-refractivity contribution in [1.82, 2.24) is 4.98 Å². The summed E-state index contributed by atoms with van der Waals surface area (Å²) in [5.41, 5.74) is -0.930. The maximum atomic E-state index is 12.0. The molecular weight excluding hydrogens is 247 g/mol. The van der Waals surface area contributed by atoms with Gasteiger partial charge in [0.25, 0.3) is 5.88 Å². The van der Waals surface area contributed by atoms with Gasteiger partial charge in [0.15, 0.2) is 5.75 Å². The Hall–Kier alpha value is -2.19. The average Bonchev–Trinajstić information content (AvgIpc) is 2.17. The highest BCUT2D eigenvalue weighted by Gasteiger charge is 2.34. The third-order valence-electron chi connectivity index (χ3n) is 1.57. The van der Waals surface area contributed by atoms with Crippen molar-refractivity contribution in [3.63, 3.8) is 0 Å². The Morgan fingerprint density at radius 3 is 2.41 bits per heavy atom. The van der Waals surface area contributed by atoms with E-state index in [4.69, 9.17) is 5.11 Å². The Kier molecular flexibility index (Phi) is 3.30. The summed E-state index contributed by atoms with van der Waals surface area (Å²) in [5.74, 6) is -4.22. The van der Waals surface area contributed by atoms with Crippen molar-refractivity contribution in [2.24, 2.45) is 0 Å². The fraction of sp³-hybridized carbons (Fsp3) is 0.250. The molecule has 0 aliphatic rings. The Balaban J connectivity index is 3.29. The molecule has 0 amide bonds. The second-order valence-electron chi connectivity index (χ2n) is 2.72. The van der Waals surface area contributed by atoms with Crippen LogP contribution in [0.25, 0.3) is 0 Å². The summed E-state index contributed by atoms with van der Waals surface area (Å²) >= 11 is 0. The van der Waals surface area contributed by atoms with Gasteiger partial charge in [-0.15, -0.1) is 13.2 Å². The number of pyridine rings is 1. The van der Waals surface area contributed by atoms with Crippen LogP contribution in [0.15, 0.2) is 6.07 Å². The van der Waals surface area contributed by atoms with Crippen molar-refractivity contribution >= 4 is 5.97 Å². The van der Waals surface area contributed by atoms with Gasteiger partial charge in [0.1, 0.15) is 5.56 Å². The summed E-state index contributed by atoms with van der Waals surface area (Å²) in [5, 5.41) is 17.8. The molecule has 9 heteroatoms. The lowest BCUT2D eigenvalue weighted by molar-refractivity contribution is -0.276. The molecule has 0 fully saturated rings. The van der Waals surface area contributed by atoms with E-state index in [1.807, 2.05) is 0 Å². The van der Waals surface area contributed by atoms with Crippen LogP contribution in [0, 0.1) is 0 Å². The number of aromatic nitrogens is 1. The first-order valence-electron chi connectivity index (χ1n) is 4.01. The predicted molar refractivity (Wildman–Crippen MR) is 46.1 cm³/mol. The van der Waals surface area contributed by atoms with E-state index in [0.29, 0.717) is 6.07 Å². The topological polar surface area (TPSA) is 88.9 Å². The molecule has 0 saturated carbocycles. The van der Waals surface area contributed by atoms with Crippen molar-refractivity contribution in [2.45, 2.75) is 6.36 Å². The molecule has 6 nitrogen and oxygen atoms in total. The van der Waals surface area contributed by atoms with E-state index < -0.39 is 35.4 Å². The maximum Gasteiger partial charge on any atom is 0.574 e. The van der Waals surface area contributed by atoms with E-state index >= 15 is 0 Å². The average molecular weight is 253 g/mol. The number of carboxylic acids is 1. The Morgan fingerprint density at radius 2 is 2.00 bits per heavy atom. The molecule has 1 heterocycles. The summed E-state index contributed by atoms with van der Waals surface area (Å²) in [4.78, 5) is 13.7. The molecule has 0 aliphatic heterocycles. The molecule has 94 valence electrons. The SMILES string of the molecule is COc1nc(OC(F)(F)F)c(C(=O)O)cc1O. The Bertz CT molecular complexity index is 446. The lowest BCUT2D eigenvalue weighted by atomic mass is 10.2. The van der Waals surface area contributed by atoms with E-state index in [2.05, 4.69) is 14.5 Å². The number of hydrogen-bond acceptors (Lipinski definition) is 5. The summed E-state index contributed by atoms with van der Waals surface area (Å²) < 4.78 is 43.7. The number of alkyl halides is 3. The van der Waals surface area contributed by atoms with Gasteiger partial charge in [0.2, 0.25) is 5.88 Å². The van der Waals surface area contributed by atoms with Gasteiger partial charge in [-0.2, -0.15) is 4.98 Å². The summed E-state index contributed by atoms with van der Waals surface area (Å²) in [7, 11) is 1.04. The smallest absolute Gasteiger partial charge is 0.503 e. The number of nitrogens with zero attached hydrogens (tertiary/aromatic N) is 1. The van der Waals surface area contributed by atoms with Crippen LogP contribution in [0.4, 0.5) is 13.2 Å². The zero-order valence-corrected chi connectivity index (χ0v) is 8.28. The first-order valence-corrected chi connectivity index (χ1v) is 4.01. The number of hydrogen-bond donors (Lipinski definition) is 2. The normalized spacial score (nSPS) is 11.1. The number of rotatable bonds is 3. The molecule has 0 radical (unpaired) electrons. The highest BCUT2D eigenvalue weighted by atomic mass is 19.4. The van der Waals surface area contributed by atoms with Gasteiger partial charge in [-0.3, -0.25) is 0 Å². The van der Waals surface area contributed by atoms with Gasteiger partial charge in [-0.25, -0.2) is 4.79 Å². The monoisotopic (exact) mass is 253 g/mol. The molecule has 0 unspecified atom stereocenters. The summed E-state index contributed by atoms with van der Waals surface area (Å²) in [6.45, 7) is 0. The number of carbonyl (C=O) groups is 1. The number of aromatic hydroxyl groups is 1. The number of aromatic carboxylic acids is 1. The van der Waals surface area contributed by atoms with Crippen molar-refractivity contribution in [2.75, 3.05) is 7.11 Å². The highest BCUT2D eigenvalue weighted by Crippen LogP contribution is 2.32. The van der Waals surface area contributed by atoms with Crippen molar-refractivity contribution in [1.29, 1.82) is 0 Å². The zero-order valence-electron chi connectivity index (χ0n) is 8.28. The van der Waals surface area contributed by atoms with Gasteiger partial charge >= 0.3 is 12.3 Å². The van der Waals surface area contributed by atoms with Crippen LogP contribution in [-0.4, -0.2) is 34.6 Å². The largest absolute Gasteiger partial charge is 0.574 e. The molecule has 2 N–H and O–H groups in total. The van der Waals surface area contributed by atoms with E-state index in [-0.39, 0.29) is 0 Å². The first-order chi connectivity index (χ1) is 7.74. The number of carboxylic acid groups (broad SMARTS) is 1.